The molecule has 2 unspecified atom stereocenters. The maximum Gasteiger partial charge on any atom is 0.315 e. The van der Waals surface area contributed by atoms with Crippen LogP contribution >= 0.6 is 0 Å². The van der Waals surface area contributed by atoms with Crippen LogP contribution in [-0.4, -0.2) is 32.4 Å². The number of aliphatic hydroxyl groups is 1. The van der Waals surface area contributed by atoms with Gasteiger partial charge in [0.15, 0.2) is 5.82 Å². The van der Waals surface area contributed by atoms with Gasteiger partial charge in [-0.05, 0) is 33.8 Å². The molecular formula is C15H23N5O3. The summed E-state index contributed by atoms with van der Waals surface area (Å²) < 4.78 is 7.16. The third-order valence-corrected chi connectivity index (χ3v) is 3.70. The largest absolute Gasteiger partial charge is 0.466 e. The summed E-state index contributed by atoms with van der Waals surface area (Å²) in [6.07, 6.45) is 1.57. The van der Waals surface area contributed by atoms with Crippen LogP contribution < -0.4 is 10.6 Å². The van der Waals surface area contributed by atoms with Gasteiger partial charge in [0.1, 0.15) is 23.4 Å². The number of amides is 2. The first-order valence-corrected chi connectivity index (χ1v) is 7.39. The number of nitrogens with one attached hydrogen (secondary N) is 2. The second-order valence-corrected chi connectivity index (χ2v) is 5.95. The highest BCUT2D eigenvalue weighted by atomic mass is 16.3. The number of hydrogen-bond acceptors (Lipinski definition) is 5. The van der Waals surface area contributed by atoms with Gasteiger partial charge in [-0.2, -0.15) is 0 Å². The summed E-state index contributed by atoms with van der Waals surface area (Å²) in [5.74, 6) is 2.01. The van der Waals surface area contributed by atoms with Gasteiger partial charge >= 0.3 is 6.03 Å². The molecule has 0 aliphatic heterocycles. The van der Waals surface area contributed by atoms with E-state index in [1.54, 1.807) is 37.9 Å². The Morgan fingerprint density at radius 2 is 2.22 bits per heavy atom. The Morgan fingerprint density at radius 1 is 1.52 bits per heavy atom. The quantitative estimate of drug-likeness (QED) is 0.769. The van der Waals surface area contributed by atoms with Crippen LogP contribution in [0.25, 0.3) is 0 Å². The fourth-order valence-corrected chi connectivity index (χ4v) is 2.51. The summed E-state index contributed by atoms with van der Waals surface area (Å²) in [6.45, 7) is 7.11. The summed E-state index contributed by atoms with van der Waals surface area (Å²) in [6, 6.07) is 1.08. The lowest BCUT2D eigenvalue weighted by Gasteiger charge is -2.24. The molecule has 2 rings (SSSR count). The van der Waals surface area contributed by atoms with E-state index >= 15 is 0 Å². The van der Waals surface area contributed by atoms with Crippen molar-refractivity contribution < 1.29 is 14.3 Å². The molecule has 0 spiro atoms. The lowest BCUT2D eigenvalue weighted by molar-refractivity contribution is 0.0577. The smallest absolute Gasteiger partial charge is 0.315 e. The maximum atomic E-state index is 12.0. The van der Waals surface area contributed by atoms with Crippen LogP contribution in [0.4, 0.5) is 4.79 Å². The van der Waals surface area contributed by atoms with E-state index in [4.69, 9.17) is 4.42 Å². The first-order chi connectivity index (χ1) is 10.7. The van der Waals surface area contributed by atoms with E-state index in [2.05, 4.69) is 20.8 Å². The lowest BCUT2D eigenvalue weighted by atomic mass is 9.96. The Labute approximate surface area is 134 Å². The number of rotatable bonds is 5. The Bertz CT molecular complexity index is 689. The highest BCUT2D eigenvalue weighted by Gasteiger charge is 2.28. The van der Waals surface area contributed by atoms with E-state index in [0.717, 1.165) is 5.76 Å². The van der Waals surface area contributed by atoms with E-state index in [-0.39, 0.29) is 12.6 Å². The van der Waals surface area contributed by atoms with Gasteiger partial charge in [0, 0.05) is 12.6 Å². The molecule has 8 nitrogen and oxygen atoms in total. The molecule has 23 heavy (non-hydrogen) atoms. The predicted molar refractivity (Wildman–Crippen MR) is 83.7 cm³/mol. The van der Waals surface area contributed by atoms with Crippen molar-refractivity contribution in [2.75, 3.05) is 6.54 Å². The monoisotopic (exact) mass is 321 g/mol. The Balaban J connectivity index is 1.93. The van der Waals surface area contributed by atoms with Crippen molar-refractivity contribution in [2.24, 2.45) is 7.05 Å². The topological polar surface area (TPSA) is 105 Å². The number of aryl methyl sites for hydroxylation is 3. The summed E-state index contributed by atoms with van der Waals surface area (Å²) in [5, 5.41) is 23.7. The van der Waals surface area contributed by atoms with Gasteiger partial charge in [0.25, 0.3) is 0 Å². The average Bonchev–Trinajstić information content (AvgIpc) is 3.02. The maximum absolute atomic E-state index is 12.0. The standard InChI is InChI=1S/C15H23N5O3/c1-9-6-12(11(3)23-9)15(4,22)7-16-14(21)18-10(2)13-19-17-8-20(13)5/h6,8,10,22H,7H2,1-5H3,(H2,16,18,21). The molecule has 2 aromatic heterocycles. The van der Waals surface area contributed by atoms with Gasteiger partial charge in [-0.1, -0.05) is 0 Å². The molecular weight excluding hydrogens is 298 g/mol. The van der Waals surface area contributed by atoms with Crippen LogP contribution in [0.5, 0.6) is 0 Å². The van der Waals surface area contributed by atoms with Crippen molar-refractivity contribution in [3.8, 4) is 0 Å². The highest BCUT2D eigenvalue weighted by Crippen LogP contribution is 2.26. The van der Waals surface area contributed by atoms with Crippen LogP contribution in [0.15, 0.2) is 16.8 Å². The molecule has 0 saturated carbocycles. The van der Waals surface area contributed by atoms with E-state index in [1.165, 1.54) is 0 Å². The Morgan fingerprint density at radius 3 is 2.74 bits per heavy atom. The zero-order valence-electron chi connectivity index (χ0n) is 14.0. The van der Waals surface area contributed by atoms with Gasteiger partial charge in [-0.25, -0.2) is 4.79 Å². The number of carbonyl (C=O) groups excluding carboxylic acids is 1. The van der Waals surface area contributed by atoms with Crippen LogP contribution in [0.1, 0.15) is 42.8 Å². The summed E-state index contributed by atoms with van der Waals surface area (Å²) in [5.41, 5.74) is -0.552. The van der Waals surface area contributed by atoms with Crippen LogP contribution in [0.3, 0.4) is 0 Å². The zero-order chi connectivity index (χ0) is 17.2. The normalized spacial score (nSPS) is 15.0. The number of carbonyl (C=O) groups is 1. The molecule has 0 aromatic carbocycles. The van der Waals surface area contributed by atoms with Crippen molar-refractivity contribution in [1.82, 2.24) is 25.4 Å². The van der Waals surface area contributed by atoms with Crippen molar-refractivity contribution >= 4 is 6.03 Å². The first-order valence-electron chi connectivity index (χ1n) is 7.39. The van der Waals surface area contributed by atoms with Gasteiger partial charge in [0.2, 0.25) is 0 Å². The van der Waals surface area contributed by atoms with Gasteiger partial charge in [-0.15, -0.1) is 10.2 Å². The molecule has 3 N–H and O–H groups in total. The van der Waals surface area contributed by atoms with Crippen molar-refractivity contribution in [1.29, 1.82) is 0 Å². The summed E-state index contributed by atoms with van der Waals surface area (Å²) in [4.78, 5) is 12.0. The number of nitrogens with zero attached hydrogens (tertiary/aromatic N) is 3. The summed E-state index contributed by atoms with van der Waals surface area (Å²) >= 11 is 0. The molecule has 0 aliphatic rings. The molecule has 0 fully saturated rings. The summed E-state index contributed by atoms with van der Waals surface area (Å²) in [7, 11) is 1.81. The third-order valence-electron chi connectivity index (χ3n) is 3.70. The van der Waals surface area contributed by atoms with Crippen molar-refractivity contribution in [2.45, 2.75) is 39.3 Å². The van der Waals surface area contributed by atoms with E-state index < -0.39 is 11.6 Å². The average molecular weight is 321 g/mol. The SMILES string of the molecule is Cc1cc(C(C)(O)CNC(=O)NC(C)c2nncn2C)c(C)o1. The fourth-order valence-electron chi connectivity index (χ4n) is 2.51. The number of aromatic nitrogens is 3. The second-order valence-electron chi connectivity index (χ2n) is 5.95. The zero-order valence-corrected chi connectivity index (χ0v) is 14.0. The Kier molecular flexibility index (Phi) is 4.74. The number of urea groups is 1. The van der Waals surface area contributed by atoms with Crippen molar-refractivity contribution in [3.05, 3.63) is 35.3 Å². The van der Waals surface area contributed by atoms with Crippen molar-refractivity contribution in [3.63, 3.8) is 0 Å². The molecule has 126 valence electrons. The Hall–Kier alpha value is -2.35. The number of hydrogen-bond donors (Lipinski definition) is 3. The van der Waals surface area contributed by atoms with Gasteiger partial charge < -0.3 is 24.7 Å². The van der Waals surface area contributed by atoms with Crippen LogP contribution in [0.2, 0.25) is 0 Å². The van der Waals surface area contributed by atoms with Crippen LogP contribution in [0, 0.1) is 13.8 Å². The molecule has 0 radical (unpaired) electrons. The third kappa shape index (κ3) is 3.89. The molecule has 2 heterocycles. The van der Waals surface area contributed by atoms with E-state index in [1.807, 2.05) is 13.8 Å². The molecule has 0 aliphatic carbocycles. The minimum Gasteiger partial charge on any atom is -0.466 e. The molecule has 2 amide bonds. The van der Waals surface area contributed by atoms with Gasteiger partial charge in [0.05, 0.1) is 12.6 Å². The minimum absolute atomic E-state index is 0.0597. The molecule has 2 aromatic rings. The first kappa shape index (κ1) is 17.0. The number of furan rings is 1. The minimum atomic E-state index is -1.22. The highest BCUT2D eigenvalue weighted by molar-refractivity contribution is 5.74. The molecule has 8 heteroatoms. The van der Waals surface area contributed by atoms with E-state index in [0.29, 0.717) is 17.1 Å². The molecule has 2 atom stereocenters. The molecule has 0 bridgehead atoms. The predicted octanol–water partition coefficient (Wildman–Crippen LogP) is 1.29. The van der Waals surface area contributed by atoms with E-state index in [9.17, 15) is 9.90 Å². The van der Waals surface area contributed by atoms with Crippen LogP contribution in [-0.2, 0) is 12.6 Å². The lowest BCUT2D eigenvalue weighted by Crippen LogP contribution is -2.44. The fraction of sp³-hybridized carbons (Fsp3) is 0.533. The molecule has 0 saturated heterocycles. The van der Waals surface area contributed by atoms with Gasteiger partial charge in [-0.3, -0.25) is 0 Å². The second kappa shape index (κ2) is 6.41.